The molecule has 2 aliphatic rings. The molecule has 0 aromatic heterocycles. The summed E-state index contributed by atoms with van der Waals surface area (Å²) in [6.07, 6.45) is 4.51. The van der Waals surface area contributed by atoms with Gasteiger partial charge in [0.05, 0.1) is 12.6 Å². The van der Waals surface area contributed by atoms with Crippen molar-refractivity contribution in [3.63, 3.8) is 0 Å². The summed E-state index contributed by atoms with van der Waals surface area (Å²) in [4.78, 5) is 16.0. The number of rotatable bonds is 4. The van der Waals surface area contributed by atoms with Gasteiger partial charge in [-0.05, 0) is 19.3 Å². The van der Waals surface area contributed by atoms with Crippen LogP contribution in [0.2, 0.25) is 0 Å². The van der Waals surface area contributed by atoms with E-state index >= 15 is 0 Å². The molecule has 1 saturated carbocycles. The molecule has 0 aromatic rings. The third-order valence-electron chi connectivity index (χ3n) is 3.68. The molecule has 5 heteroatoms. The van der Waals surface area contributed by atoms with Crippen LogP contribution in [0, 0.1) is 11.3 Å². The average molecular weight is 250 g/mol. The van der Waals surface area contributed by atoms with E-state index in [4.69, 9.17) is 0 Å². The zero-order chi connectivity index (χ0) is 13.0. The first-order chi connectivity index (χ1) is 8.76. The second-order valence-electron chi connectivity index (χ2n) is 5.15. The number of amides is 2. The van der Waals surface area contributed by atoms with E-state index in [2.05, 4.69) is 23.2 Å². The van der Waals surface area contributed by atoms with Gasteiger partial charge in [0.2, 0.25) is 0 Å². The van der Waals surface area contributed by atoms with Gasteiger partial charge >= 0.3 is 6.03 Å². The number of carbonyl (C=O) groups is 1. The van der Waals surface area contributed by atoms with Gasteiger partial charge < -0.3 is 10.2 Å². The van der Waals surface area contributed by atoms with Gasteiger partial charge in [-0.3, -0.25) is 4.90 Å². The number of hydrogen-bond acceptors (Lipinski definition) is 3. The molecule has 18 heavy (non-hydrogen) atoms. The van der Waals surface area contributed by atoms with Gasteiger partial charge in [-0.15, -0.1) is 0 Å². The highest BCUT2D eigenvalue weighted by Crippen LogP contribution is 2.29. The molecule has 1 aliphatic heterocycles. The molecule has 2 fully saturated rings. The van der Waals surface area contributed by atoms with E-state index in [0.717, 1.165) is 32.5 Å². The van der Waals surface area contributed by atoms with E-state index < -0.39 is 0 Å². The molecule has 100 valence electrons. The highest BCUT2D eigenvalue weighted by Gasteiger charge is 2.38. The lowest BCUT2D eigenvalue weighted by Crippen LogP contribution is -2.56. The van der Waals surface area contributed by atoms with Crippen LogP contribution in [0.5, 0.6) is 0 Å². The molecule has 5 nitrogen and oxygen atoms in total. The summed E-state index contributed by atoms with van der Waals surface area (Å²) in [5.74, 6) is 0. The first-order valence-corrected chi connectivity index (χ1v) is 6.94. The Morgan fingerprint density at radius 3 is 2.83 bits per heavy atom. The SMILES string of the molecule is CCCCNC(=O)N1CCN(C2CC2)[C@@H](C#N)C1. The fraction of sp³-hybridized carbons (Fsp3) is 0.846. The van der Waals surface area contributed by atoms with Crippen LogP contribution in [0.25, 0.3) is 0 Å². The van der Waals surface area contributed by atoms with Crippen molar-refractivity contribution in [3.05, 3.63) is 0 Å². The lowest BCUT2D eigenvalue weighted by molar-refractivity contribution is 0.108. The molecule has 0 unspecified atom stereocenters. The lowest BCUT2D eigenvalue weighted by Gasteiger charge is -2.38. The minimum absolute atomic E-state index is 0.0147. The number of nitrogens with zero attached hydrogens (tertiary/aromatic N) is 3. The Hall–Kier alpha value is -1.28. The van der Waals surface area contributed by atoms with Crippen molar-refractivity contribution in [1.29, 1.82) is 5.26 Å². The Labute approximate surface area is 109 Å². The molecule has 1 saturated heterocycles. The average Bonchev–Trinajstić information content (AvgIpc) is 3.22. The molecule has 2 amide bonds. The van der Waals surface area contributed by atoms with Crippen LogP contribution in [0.15, 0.2) is 0 Å². The Bertz CT molecular complexity index is 334. The largest absolute Gasteiger partial charge is 0.338 e. The van der Waals surface area contributed by atoms with Gasteiger partial charge in [-0.25, -0.2) is 4.79 Å². The molecule has 0 radical (unpaired) electrons. The first-order valence-electron chi connectivity index (χ1n) is 6.94. The van der Waals surface area contributed by atoms with Crippen LogP contribution in [-0.2, 0) is 0 Å². The third kappa shape index (κ3) is 3.14. The molecule has 2 rings (SSSR count). The van der Waals surface area contributed by atoms with E-state index in [9.17, 15) is 10.1 Å². The van der Waals surface area contributed by atoms with Crippen LogP contribution >= 0.6 is 0 Å². The second kappa shape index (κ2) is 6.05. The molecule has 0 bridgehead atoms. The number of unbranched alkanes of at least 4 members (excludes halogenated alkanes) is 1. The maximum atomic E-state index is 11.9. The van der Waals surface area contributed by atoms with Crippen molar-refractivity contribution < 1.29 is 4.79 Å². The fourth-order valence-electron chi connectivity index (χ4n) is 2.42. The van der Waals surface area contributed by atoms with Gasteiger partial charge in [0, 0.05) is 25.7 Å². The van der Waals surface area contributed by atoms with Crippen LogP contribution in [0.3, 0.4) is 0 Å². The van der Waals surface area contributed by atoms with Crippen molar-refractivity contribution in [1.82, 2.24) is 15.1 Å². The smallest absolute Gasteiger partial charge is 0.317 e. The summed E-state index contributed by atoms with van der Waals surface area (Å²) in [7, 11) is 0. The molecule has 1 atom stereocenters. The molecule has 1 N–H and O–H groups in total. The number of nitriles is 1. The zero-order valence-electron chi connectivity index (χ0n) is 11.1. The van der Waals surface area contributed by atoms with E-state index in [1.165, 1.54) is 12.8 Å². The van der Waals surface area contributed by atoms with Crippen molar-refractivity contribution in [2.75, 3.05) is 26.2 Å². The summed E-state index contributed by atoms with van der Waals surface area (Å²) >= 11 is 0. The summed E-state index contributed by atoms with van der Waals surface area (Å²) in [6, 6.07) is 2.79. The Morgan fingerprint density at radius 2 is 2.22 bits per heavy atom. The van der Waals surface area contributed by atoms with Crippen molar-refractivity contribution in [2.24, 2.45) is 0 Å². The monoisotopic (exact) mass is 250 g/mol. The van der Waals surface area contributed by atoms with Crippen LogP contribution in [0.1, 0.15) is 32.6 Å². The van der Waals surface area contributed by atoms with E-state index in [-0.39, 0.29) is 12.1 Å². The zero-order valence-corrected chi connectivity index (χ0v) is 11.1. The van der Waals surface area contributed by atoms with Crippen molar-refractivity contribution >= 4 is 6.03 Å². The van der Waals surface area contributed by atoms with E-state index in [0.29, 0.717) is 12.6 Å². The van der Waals surface area contributed by atoms with Crippen molar-refractivity contribution in [2.45, 2.75) is 44.7 Å². The van der Waals surface area contributed by atoms with Gasteiger partial charge in [0.1, 0.15) is 6.04 Å². The lowest BCUT2D eigenvalue weighted by atomic mass is 10.2. The van der Waals surface area contributed by atoms with Gasteiger partial charge in [-0.1, -0.05) is 13.3 Å². The molecule has 1 aliphatic carbocycles. The quantitative estimate of drug-likeness (QED) is 0.762. The number of urea groups is 1. The minimum Gasteiger partial charge on any atom is -0.338 e. The number of nitrogens with one attached hydrogen (secondary N) is 1. The summed E-state index contributed by atoms with van der Waals surface area (Å²) in [5.41, 5.74) is 0. The van der Waals surface area contributed by atoms with Crippen molar-refractivity contribution in [3.8, 4) is 6.07 Å². The fourth-order valence-corrected chi connectivity index (χ4v) is 2.42. The highest BCUT2D eigenvalue weighted by molar-refractivity contribution is 5.74. The molecule has 0 aromatic carbocycles. The Balaban J connectivity index is 1.81. The van der Waals surface area contributed by atoms with Crippen LogP contribution in [-0.4, -0.2) is 54.1 Å². The van der Waals surface area contributed by atoms with E-state index in [1.54, 1.807) is 4.90 Å². The van der Waals surface area contributed by atoms with Gasteiger partial charge in [-0.2, -0.15) is 5.26 Å². The third-order valence-corrected chi connectivity index (χ3v) is 3.68. The molecular weight excluding hydrogens is 228 g/mol. The Kier molecular flexibility index (Phi) is 4.43. The number of carbonyl (C=O) groups excluding carboxylic acids is 1. The van der Waals surface area contributed by atoms with Crippen LogP contribution < -0.4 is 5.32 Å². The standard InChI is InChI=1S/C13H22N4O/c1-2-3-6-15-13(18)16-7-8-17(11-4-5-11)12(9-14)10-16/h11-12H,2-8,10H2,1H3,(H,15,18)/t12-/m0/s1. The number of piperazine rings is 1. The Morgan fingerprint density at radius 1 is 1.44 bits per heavy atom. The maximum absolute atomic E-state index is 11.9. The predicted molar refractivity (Wildman–Crippen MR) is 69.0 cm³/mol. The predicted octanol–water partition coefficient (Wildman–Crippen LogP) is 1.17. The summed E-state index contributed by atoms with van der Waals surface area (Å²) < 4.78 is 0. The highest BCUT2D eigenvalue weighted by atomic mass is 16.2. The van der Waals surface area contributed by atoms with Gasteiger partial charge in [0.25, 0.3) is 0 Å². The summed E-state index contributed by atoms with van der Waals surface area (Å²) in [6.45, 7) is 4.96. The number of hydrogen-bond donors (Lipinski definition) is 1. The first kappa shape index (κ1) is 13.2. The minimum atomic E-state index is -0.122. The summed E-state index contributed by atoms with van der Waals surface area (Å²) in [5, 5.41) is 12.1. The molecule has 1 heterocycles. The van der Waals surface area contributed by atoms with Crippen LogP contribution in [0.4, 0.5) is 4.79 Å². The topological polar surface area (TPSA) is 59.4 Å². The van der Waals surface area contributed by atoms with Gasteiger partial charge in [0.15, 0.2) is 0 Å². The second-order valence-corrected chi connectivity index (χ2v) is 5.15. The maximum Gasteiger partial charge on any atom is 0.317 e. The molecular formula is C13H22N4O. The molecule has 0 spiro atoms. The normalized spacial score (nSPS) is 24.7. The van der Waals surface area contributed by atoms with E-state index in [1.807, 2.05) is 0 Å².